The highest BCUT2D eigenvalue weighted by Crippen LogP contribution is 2.27. The molecule has 0 spiro atoms. The highest BCUT2D eigenvalue weighted by atomic mass is 16.4. The SMILES string of the molecule is Nc1ccc2oc(NCCC3CCCC3)nc2c1. The number of oxazole rings is 1. The largest absolute Gasteiger partial charge is 0.424 e. The van der Waals surface area contributed by atoms with Crippen LogP contribution in [-0.4, -0.2) is 11.5 Å². The Morgan fingerprint density at radius 2 is 2.17 bits per heavy atom. The second-order valence-electron chi connectivity index (χ2n) is 5.11. The maximum Gasteiger partial charge on any atom is 0.295 e. The zero-order chi connectivity index (χ0) is 12.4. The van der Waals surface area contributed by atoms with Gasteiger partial charge in [-0.25, -0.2) is 0 Å². The molecule has 96 valence electrons. The smallest absolute Gasteiger partial charge is 0.295 e. The molecule has 0 atom stereocenters. The number of benzene rings is 1. The molecule has 1 aromatic heterocycles. The second kappa shape index (κ2) is 4.88. The average molecular weight is 245 g/mol. The Morgan fingerprint density at radius 3 is 3.00 bits per heavy atom. The van der Waals surface area contributed by atoms with Gasteiger partial charge < -0.3 is 15.5 Å². The predicted molar refractivity (Wildman–Crippen MR) is 73.5 cm³/mol. The van der Waals surface area contributed by atoms with Crippen molar-refractivity contribution in [2.45, 2.75) is 32.1 Å². The number of rotatable bonds is 4. The number of nitrogen functional groups attached to an aromatic ring is 1. The normalized spacial score (nSPS) is 16.4. The summed E-state index contributed by atoms with van der Waals surface area (Å²) in [7, 11) is 0. The van der Waals surface area contributed by atoms with Crippen LogP contribution in [0.5, 0.6) is 0 Å². The van der Waals surface area contributed by atoms with E-state index >= 15 is 0 Å². The van der Waals surface area contributed by atoms with Crippen molar-refractivity contribution < 1.29 is 4.42 Å². The Balaban J connectivity index is 1.60. The van der Waals surface area contributed by atoms with Crippen LogP contribution >= 0.6 is 0 Å². The zero-order valence-corrected chi connectivity index (χ0v) is 10.5. The van der Waals surface area contributed by atoms with Crippen LogP contribution < -0.4 is 11.1 Å². The number of nitrogens with zero attached hydrogens (tertiary/aromatic N) is 1. The number of nitrogens with one attached hydrogen (secondary N) is 1. The standard InChI is InChI=1S/C14H19N3O/c15-11-5-6-13-12(9-11)17-14(18-13)16-8-7-10-3-1-2-4-10/h5-6,9-10H,1-4,7-8,15H2,(H,16,17). The zero-order valence-electron chi connectivity index (χ0n) is 10.5. The molecule has 0 saturated heterocycles. The van der Waals surface area contributed by atoms with E-state index in [1.165, 1.54) is 32.1 Å². The van der Waals surface area contributed by atoms with Gasteiger partial charge in [-0.3, -0.25) is 0 Å². The van der Waals surface area contributed by atoms with Crippen molar-refractivity contribution in [1.29, 1.82) is 0 Å². The minimum atomic E-state index is 0.605. The average Bonchev–Trinajstić information content (AvgIpc) is 2.97. The van der Waals surface area contributed by atoms with Crippen LogP contribution in [0.25, 0.3) is 11.1 Å². The lowest BCUT2D eigenvalue weighted by atomic mass is 10.0. The van der Waals surface area contributed by atoms with Crippen molar-refractivity contribution in [2.75, 3.05) is 17.6 Å². The van der Waals surface area contributed by atoms with E-state index in [0.717, 1.165) is 23.6 Å². The van der Waals surface area contributed by atoms with E-state index in [9.17, 15) is 0 Å². The third kappa shape index (κ3) is 2.42. The summed E-state index contributed by atoms with van der Waals surface area (Å²) in [6.45, 7) is 0.937. The number of fused-ring (bicyclic) bond motifs is 1. The summed E-state index contributed by atoms with van der Waals surface area (Å²) >= 11 is 0. The minimum Gasteiger partial charge on any atom is -0.424 e. The van der Waals surface area contributed by atoms with E-state index in [-0.39, 0.29) is 0 Å². The molecule has 3 N–H and O–H groups in total. The molecule has 0 aliphatic heterocycles. The molecular weight excluding hydrogens is 226 g/mol. The molecule has 0 radical (unpaired) electrons. The predicted octanol–water partition coefficient (Wildman–Crippen LogP) is 3.40. The molecular formula is C14H19N3O. The van der Waals surface area contributed by atoms with Gasteiger partial charge in [0.05, 0.1) is 0 Å². The quantitative estimate of drug-likeness (QED) is 0.810. The topological polar surface area (TPSA) is 64.1 Å². The summed E-state index contributed by atoms with van der Waals surface area (Å²) in [5, 5.41) is 3.26. The summed E-state index contributed by atoms with van der Waals surface area (Å²) in [5.74, 6) is 0.887. The summed E-state index contributed by atoms with van der Waals surface area (Å²) in [4.78, 5) is 4.38. The highest BCUT2D eigenvalue weighted by Gasteiger charge is 2.14. The first-order chi connectivity index (χ1) is 8.81. The fourth-order valence-corrected chi connectivity index (χ4v) is 2.70. The Bertz CT molecular complexity index is 529. The fraction of sp³-hybridized carbons (Fsp3) is 0.500. The van der Waals surface area contributed by atoms with Crippen molar-refractivity contribution in [1.82, 2.24) is 4.98 Å². The molecule has 1 saturated carbocycles. The lowest BCUT2D eigenvalue weighted by Gasteiger charge is -2.07. The molecule has 4 nitrogen and oxygen atoms in total. The maximum absolute atomic E-state index is 5.71. The molecule has 0 bridgehead atoms. The molecule has 1 heterocycles. The van der Waals surface area contributed by atoms with Crippen LogP contribution in [0, 0.1) is 5.92 Å². The Hall–Kier alpha value is -1.71. The van der Waals surface area contributed by atoms with Crippen molar-refractivity contribution in [3.05, 3.63) is 18.2 Å². The molecule has 18 heavy (non-hydrogen) atoms. The lowest BCUT2D eigenvalue weighted by molar-refractivity contribution is 0.512. The van der Waals surface area contributed by atoms with E-state index < -0.39 is 0 Å². The van der Waals surface area contributed by atoms with Gasteiger partial charge in [0.15, 0.2) is 5.58 Å². The molecule has 0 unspecified atom stereocenters. The first kappa shape index (κ1) is 11.4. The van der Waals surface area contributed by atoms with Gasteiger partial charge in [-0.05, 0) is 30.5 Å². The van der Waals surface area contributed by atoms with Gasteiger partial charge in [0.1, 0.15) is 5.52 Å². The molecule has 0 amide bonds. The van der Waals surface area contributed by atoms with Crippen LogP contribution in [0.1, 0.15) is 32.1 Å². The van der Waals surface area contributed by atoms with E-state index in [2.05, 4.69) is 10.3 Å². The van der Waals surface area contributed by atoms with Gasteiger partial charge in [0.25, 0.3) is 6.01 Å². The summed E-state index contributed by atoms with van der Waals surface area (Å²) < 4.78 is 5.61. The first-order valence-corrected chi connectivity index (χ1v) is 6.71. The van der Waals surface area contributed by atoms with E-state index in [1.54, 1.807) is 0 Å². The van der Waals surface area contributed by atoms with Gasteiger partial charge in [-0.2, -0.15) is 4.98 Å². The molecule has 1 aromatic carbocycles. The number of hydrogen-bond donors (Lipinski definition) is 2. The number of hydrogen-bond acceptors (Lipinski definition) is 4. The molecule has 1 aliphatic carbocycles. The molecule has 4 heteroatoms. The van der Waals surface area contributed by atoms with Gasteiger partial charge in [0, 0.05) is 12.2 Å². The third-order valence-corrected chi connectivity index (χ3v) is 3.72. The van der Waals surface area contributed by atoms with Crippen LogP contribution in [0.4, 0.5) is 11.7 Å². The number of anilines is 2. The third-order valence-electron chi connectivity index (χ3n) is 3.72. The molecule has 1 fully saturated rings. The molecule has 2 aromatic rings. The number of aromatic nitrogens is 1. The molecule has 1 aliphatic rings. The highest BCUT2D eigenvalue weighted by molar-refractivity contribution is 5.78. The molecule has 3 rings (SSSR count). The van der Waals surface area contributed by atoms with Gasteiger partial charge >= 0.3 is 0 Å². The first-order valence-electron chi connectivity index (χ1n) is 6.71. The van der Waals surface area contributed by atoms with Crippen molar-refractivity contribution in [2.24, 2.45) is 5.92 Å². The monoisotopic (exact) mass is 245 g/mol. The van der Waals surface area contributed by atoms with Gasteiger partial charge in [-0.1, -0.05) is 25.7 Å². The van der Waals surface area contributed by atoms with Crippen molar-refractivity contribution in [3.8, 4) is 0 Å². The van der Waals surface area contributed by atoms with Crippen LogP contribution in [0.15, 0.2) is 22.6 Å². The lowest BCUT2D eigenvalue weighted by Crippen LogP contribution is -2.06. The fourth-order valence-electron chi connectivity index (χ4n) is 2.70. The van der Waals surface area contributed by atoms with E-state index in [1.807, 2.05) is 18.2 Å². The van der Waals surface area contributed by atoms with Crippen LogP contribution in [0.3, 0.4) is 0 Å². The Morgan fingerprint density at radius 1 is 1.33 bits per heavy atom. The Labute approximate surface area is 107 Å². The summed E-state index contributed by atoms with van der Waals surface area (Å²) in [6, 6.07) is 6.13. The summed E-state index contributed by atoms with van der Waals surface area (Å²) in [6.07, 6.45) is 6.76. The maximum atomic E-state index is 5.71. The van der Waals surface area contributed by atoms with Crippen LogP contribution in [-0.2, 0) is 0 Å². The van der Waals surface area contributed by atoms with E-state index in [0.29, 0.717) is 11.7 Å². The van der Waals surface area contributed by atoms with E-state index in [4.69, 9.17) is 10.2 Å². The van der Waals surface area contributed by atoms with Crippen LogP contribution in [0.2, 0.25) is 0 Å². The van der Waals surface area contributed by atoms with Crippen molar-refractivity contribution in [3.63, 3.8) is 0 Å². The Kier molecular flexibility index (Phi) is 3.09. The minimum absolute atomic E-state index is 0.605. The van der Waals surface area contributed by atoms with Gasteiger partial charge in [-0.15, -0.1) is 0 Å². The van der Waals surface area contributed by atoms with Gasteiger partial charge in [0.2, 0.25) is 0 Å². The summed E-state index contributed by atoms with van der Waals surface area (Å²) in [5.41, 5.74) is 8.03. The number of nitrogens with two attached hydrogens (primary N) is 1. The second-order valence-corrected chi connectivity index (χ2v) is 5.11. The van der Waals surface area contributed by atoms with Crippen molar-refractivity contribution >= 4 is 22.8 Å².